The largest absolute Gasteiger partial charge is 0.492 e. The monoisotopic (exact) mass is 1910 g/mol. The summed E-state index contributed by atoms with van der Waals surface area (Å²) in [6.07, 6.45) is 82.9. The summed E-state index contributed by atoms with van der Waals surface area (Å²) in [5.41, 5.74) is 6.07. The van der Waals surface area contributed by atoms with Gasteiger partial charge in [-0.05, 0) is 101 Å². The molecule has 10 heteroatoms. The SMILES string of the molecule is CCCCCCCCCCCCCOc1cc(C#Cc2ccccc2)c(OCCCCCCCCCCCC)cc1C#Cc1cc(OCCCCC(=O)N(CCCCCCCC)CCCCCCCC)c(C#Cc2cc(OCCCCCCCCCCCC)c(C#Cc3ccccc3)cc2OCCCCCCCCCCCC)cc1OCCCCC(=O)N(CCCCCCCC)CCCCCCCC. The fourth-order valence-corrected chi connectivity index (χ4v) is 18.3. The van der Waals surface area contributed by atoms with Gasteiger partial charge in [-0.3, -0.25) is 9.59 Å². The van der Waals surface area contributed by atoms with E-state index in [1.165, 1.54) is 315 Å². The number of carbonyl (C=O) groups is 2. The molecule has 0 unspecified atom stereocenters. The number of ether oxygens (including phenoxy) is 6. The zero-order valence-electron chi connectivity index (χ0n) is 90.7. The third kappa shape index (κ3) is 62.3. The van der Waals surface area contributed by atoms with Crippen molar-refractivity contribution in [3.63, 3.8) is 0 Å². The Morgan fingerprint density at radius 2 is 0.338 bits per heavy atom. The molecule has 0 spiro atoms. The van der Waals surface area contributed by atoms with Gasteiger partial charge in [0.1, 0.15) is 34.5 Å². The van der Waals surface area contributed by atoms with Crippen molar-refractivity contribution in [2.24, 2.45) is 0 Å². The van der Waals surface area contributed by atoms with E-state index in [0.717, 1.165) is 151 Å². The van der Waals surface area contributed by atoms with Crippen molar-refractivity contribution in [1.82, 2.24) is 9.80 Å². The van der Waals surface area contributed by atoms with Crippen molar-refractivity contribution in [2.45, 2.75) is 511 Å². The van der Waals surface area contributed by atoms with Gasteiger partial charge in [0.25, 0.3) is 0 Å². The summed E-state index contributed by atoms with van der Waals surface area (Å²) in [6, 6.07) is 32.8. The maximum Gasteiger partial charge on any atom is 0.222 e. The highest BCUT2D eigenvalue weighted by atomic mass is 16.5. The van der Waals surface area contributed by atoms with Crippen LogP contribution in [0, 0.1) is 47.4 Å². The number of nitrogens with zero attached hydrogens (tertiary/aromatic N) is 2. The Hall–Kier alpha value is -7.92. The minimum absolute atomic E-state index is 0.247. The average Bonchev–Trinajstić information content (AvgIpc) is 0.811. The molecule has 0 N–H and O–H groups in total. The summed E-state index contributed by atoms with van der Waals surface area (Å²) in [5, 5.41) is 0. The van der Waals surface area contributed by atoms with Crippen LogP contribution in [0.25, 0.3) is 0 Å². The van der Waals surface area contributed by atoms with Crippen LogP contribution >= 0.6 is 0 Å². The maximum atomic E-state index is 14.5. The van der Waals surface area contributed by atoms with Gasteiger partial charge in [0.2, 0.25) is 11.8 Å². The number of amides is 2. The first-order chi connectivity index (χ1) is 68.7. The molecule has 5 rings (SSSR count). The summed E-state index contributed by atoms with van der Waals surface area (Å²) in [4.78, 5) is 33.4. The highest BCUT2D eigenvalue weighted by Crippen LogP contribution is 2.35. The Morgan fingerprint density at radius 1 is 0.187 bits per heavy atom. The van der Waals surface area contributed by atoms with Crippen molar-refractivity contribution in [3.05, 3.63) is 142 Å². The molecule has 5 aromatic carbocycles. The van der Waals surface area contributed by atoms with Crippen molar-refractivity contribution in [2.75, 3.05) is 65.8 Å². The standard InChI is InChI=1S/C129H202N2O8/c1-9-17-25-33-41-45-49-53-57-65-81-105-137-125-109-117(93-91-115-86-70-67-71-87-115)123(135-103-79-63-55-51-47-43-35-27-19-11-3)111-119(125)95-97-121-113-126(138-106-82-72-88-128(132)130(98-74-58-37-29-21-13-5)99-75-59-38-30-22-14-6)120(112-127(121)139-107-83-73-89-129(133)131(100-76-60-39-31-23-15-7)101-77-61-40-32-24-16-8)96-94-118-110-122(134-102-78-62-54-50-46-42-34-26-18-10-2)116(92-90-114-84-68-66-69-85-114)108-124(118)136-104-80-64-56-52-48-44-36-28-20-12-4/h66-71,84-87,108-113H,9-65,72-83,88-89,98-107H2,1-8H3. The Labute approximate surface area is 854 Å². The Balaban J connectivity index is 1.75. The lowest BCUT2D eigenvalue weighted by Gasteiger charge is -2.23. The molecule has 0 bridgehead atoms. The first-order valence-corrected chi connectivity index (χ1v) is 58.7. The minimum Gasteiger partial charge on any atom is -0.492 e. The van der Waals surface area contributed by atoms with E-state index in [4.69, 9.17) is 28.4 Å². The van der Waals surface area contributed by atoms with Crippen molar-refractivity contribution in [3.8, 4) is 81.9 Å². The Bertz CT molecular complexity index is 3820. The third-order valence-electron chi connectivity index (χ3n) is 27.3. The van der Waals surface area contributed by atoms with E-state index in [1.807, 2.05) is 48.5 Å². The van der Waals surface area contributed by atoms with Gasteiger partial charge in [-0.1, -0.05) is 505 Å². The van der Waals surface area contributed by atoms with Crippen LogP contribution in [0.2, 0.25) is 0 Å². The number of rotatable bonds is 89. The fraction of sp³-hybridized carbons (Fsp3) is 0.690. The van der Waals surface area contributed by atoms with Gasteiger partial charge in [0.05, 0.1) is 73.0 Å². The normalized spacial score (nSPS) is 11.0. The van der Waals surface area contributed by atoms with Crippen LogP contribution in [0.4, 0.5) is 0 Å². The number of carbonyl (C=O) groups excluding carboxylic acids is 2. The van der Waals surface area contributed by atoms with Gasteiger partial charge < -0.3 is 38.2 Å². The molecule has 0 aliphatic rings. The summed E-state index contributed by atoms with van der Waals surface area (Å²) in [5.74, 6) is 33.3. The lowest BCUT2D eigenvalue weighted by Crippen LogP contribution is -2.33. The van der Waals surface area contributed by atoms with E-state index in [9.17, 15) is 9.59 Å². The molecular formula is C129H202N2O8. The quantitative estimate of drug-likeness (QED) is 0.0281. The molecule has 0 saturated carbocycles. The molecule has 0 fully saturated rings. The Morgan fingerprint density at radius 3 is 0.518 bits per heavy atom. The fourth-order valence-electron chi connectivity index (χ4n) is 18.3. The predicted octanol–water partition coefficient (Wildman–Crippen LogP) is 37.1. The molecule has 2 amide bonds. The molecular weight excluding hydrogens is 1710 g/mol. The third-order valence-corrected chi connectivity index (χ3v) is 27.3. The van der Waals surface area contributed by atoms with Crippen molar-refractivity contribution in [1.29, 1.82) is 0 Å². The average molecular weight is 1910 g/mol. The van der Waals surface area contributed by atoms with Crippen LogP contribution in [-0.2, 0) is 9.59 Å². The van der Waals surface area contributed by atoms with Crippen LogP contribution in [0.3, 0.4) is 0 Å². The van der Waals surface area contributed by atoms with Crippen LogP contribution in [0.1, 0.15) is 556 Å². The van der Waals surface area contributed by atoms with E-state index in [-0.39, 0.29) is 11.8 Å². The van der Waals surface area contributed by atoms with Crippen LogP contribution in [0.15, 0.2) is 97.1 Å². The lowest BCUT2D eigenvalue weighted by atomic mass is 10.0. The van der Waals surface area contributed by atoms with E-state index >= 15 is 0 Å². The summed E-state index contributed by atoms with van der Waals surface area (Å²) >= 11 is 0. The molecule has 0 heterocycles. The van der Waals surface area contributed by atoms with E-state index in [2.05, 4.69) is 161 Å². The number of hydrogen-bond donors (Lipinski definition) is 0. The topological polar surface area (TPSA) is 96.0 Å². The smallest absolute Gasteiger partial charge is 0.222 e. The summed E-state index contributed by atoms with van der Waals surface area (Å²) in [6.45, 7) is 24.5. The Kier molecular flexibility index (Phi) is 76.8. The number of hydrogen-bond acceptors (Lipinski definition) is 8. The molecule has 5 aromatic rings. The first kappa shape index (κ1) is 122. The number of benzene rings is 5. The van der Waals surface area contributed by atoms with Gasteiger partial charge in [-0.2, -0.15) is 0 Å². The zero-order chi connectivity index (χ0) is 98.9. The molecule has 0 aromatic heterocycles. The second-order valence-electron chi connectivity index (χ2n) is 40.2. The summed E-state index contributed by atoms with van der Waals surface area (Å²) < 4.78 is 42.2. The van der Waals surface area contributed by atoms with Gasteiger partial charge in [0, 0.05) is 86.5 Å². The van der Waals surface area contributed by atoms with E-state index in [1.54, 1.807) is 0 Å². The predicted molar refractivity (Wildman–Crippen MR) is 595 cm³/mol. The van der Waals surface area contributed by atoms with E-state index in [0.29, 0.717) is 135 Å². The zero-order valence-corrected chi connectivity index (χ0v) is 90.7. The molecule has 0 aliphatic carbocycles. The van der Waals surface area contributed by atoms with Crippen LogP contribution in [0.5, 0.6) is 34.5 Å². The molecule has 0 aliphatic heterocycles. The molecule has 0 saturated heterocycles. The molecule has 776 valence electrons. The van der Waals surface area contributed by atoms with E-state index < -0.39 is 0 Å². The minimum atomic E-state index is 0.247. The van der Waals surface area contributed by atoms with Gasteiger partial charge >= 0.3 is 0 Å². The molecule has 10 nitrogen and oxygen atoms in total. The second kappa shape index (κ2) is 87.8. The molecule has 0 radical (unpaired) electrons. The first-order valence-electron chi connectivity index (χ1n) is 58.7. The van der Waals surface area contributed by atoms with Crippen LogP contribution in [-0.4, -0.2) is 87.4 Å². The summed E-state index contributed by atoms with van der Waals surface area (Å²) in [7, 11) is 0. The second-order valence-corrected chi connectivity index (χ2v) is 40.2. The van der Waals surface area contributed by atoms with Gasteiger partial charge in [-0.15, -0.1) is 0 Å². The van der Waals surface area contributed by atoms with Gasteiger partial charge in [-0.25, -0.2) is 0 Å². The number of unbranched alkanes of at least 4 members (excludes halogenated alkanes) is 59. The van der Waals surface area contributed by atoms with Crippen molar-refractivity contribution >= 4 is 11.8 Å². The molecule has 139 heavy (non-hydrogen) atoms. The van der Waals surface area contributed by atoms with Gasteiger partial charge in [0.15, 0.2) is 0 Å². The van der Waals surface area contributed by atoms with Crippen LogP contribution < -0.4 is 28.4 Å². The molecule has 0 atom stereocenters. The maximum absolute atomic E-state index is 14.5. The highest BCUT2D eigenvalue weighted by Gasteiger charge is 2.20. The lowest BCUT2D eigenvalue weighted by molar-refractivity contribution is -0.132. The van der Waals surface area contributed by atoms with Crippen molar-refractivity contribution < 1.29 is 38.0 Å². The highest BCUT2D eigenvalue weighted by molar-refractivity contribution is 5.76.